The lowest BCUT2D eigenvalue weighted by atomic mass is 10.0. The number of amides is 1. The first kappa shape index (κ1) is 22.8. The average Bonchev–Trinajstić information content (AvgIpc) is 3.27. The maximum Gasteiger partial charge on any atom is 0.254 e. The first-order valence-electron chi connectivity index (χ1n) is 11.5. The summed E-state index contributed by atoms with van der Waals surface area (Å²) in [5, 5.41) is 0. The highest BCUT2D eigenvalue weighted by Gasteiger charge is 2.33. The summed E-state index contributed by atoms with van der Waals surface area (Å²) >= 11 is 0. The Labute approximate surface area is 191 Å². The Morgan fingerprint density at radius 2 is 1.84 bits per heavy atom. The van der Waals surface area contributed by atoms with Crippen LogP contribution in [0.3, 0.4) is 0 Å². The van der Waals surface area contributed by atoms with Gasteiger partial charge in [0.1, 0.15) is 5.75 Å². The fraction of sp³-hybridized carbons (Fsp3) is 0.480. The number of carbonyl (C=O) groups is 1. The second kappa shape index (κ2) is 9.63. The molecule has 0 radical (unpaired) electrons. The Morgan fingerprint density at radius 3 is 2.62 bits per heavy atom. The predicted molar refractivity (Wildman–Crippen MR) is 124 cm³/mol. The number of ether oxygens (including phenoxy) is 1. The Hall–Kier alpha value is -2.38. The summed E-state index contributed by atoms with van der Waals surface area (Å²) in [6, 6.07) is 14.6. The van der Waals surface area contributed by atoms with Gasteiger partial charge in [0.15, 0.2) is 0 Å². The number of piperidine rings is 1. The Kier molecular flexibility index (Phi) is 6.86. The Bertz CT molecular complexity index is 1070. The number of sulfonamides is 1. The molecule has 2 aliphatic heterocycles. The van der Waals surface area contributed by atoms with Crippen LogP contribution in [0.2, 0.25) is 0 Å². The summed E-state index contributed by atoms with van der Waals surface area (Å²) in [5.41, 5.74) is 1.57. The molecule has 2 atom stereocenters. The number of carbonyl (C=O) groups excluding carboxylic acids is 1. The van der Waals surface area contributed by atoms with Crippen molar-refractivity contribution in [3.8, 4) is 5.75 Å². The molecule has 0 N–H and O–H groups in total. The Morgan fingerprint density at radius 1 is 1.03 bits per heavy atom. The number of benzene rings is 2. The number of likely N-dealkylation sites (tertiary alicyclic amines) is 1. The van der Waals surface area contributed by atoms with Gasteiger partial charge < -0.3 is 9.64 Å². The largest absolute Gasteiger partial charge is 0.497 e. The molecule has 32 heavy (non-hydrogen) atoms. The summed E-state index contributed by atoms with van der Waals surface area (Å²) in [7, 11) is -1.96. The van der Waals surface area contributed by atoms with Gasteiger partial charge >= 0.3 is 0 Å². The van der Waals surface area contributed by atoms with Gasteiger partial charge in [-0.05, 0) is 74.9 Å². The van der Waals surface area contributed by atoms with Crippen LogP contribution in [-0.4, -0.2) is 55.8 Å². The van der Waals surface area contributed by atoms with Gasteiger partial charge in [-0.1, -0.05) is 24.6 Å². The molecule has 0 aromatic heterocycles. The molecule has 1 amide bonds. The maximum absolute atomic E-state index is 13.4. The van der Waals surface area contributed by atoms with E-state index in [9.17, 15) is 13.2 Å². The average molecular weight is 457 g/mol. The van der Waals surface area contributed by atoms with E-state index in [2.05, 4.69) is 6.07 Å². The van der Waals surface area contributed by atoms with Crippen molar-refractivity contribution in [1.29, 1.82) is 0 Å². The first-order valence-corrected chi connectivity index (χ1v) is 12.9. The van der Waals surface area contributed by atoms with Crippen molar-refractivity contribution >= 4 is 15.9 Å². The van der Waals surface area contributed by atoms with Crippen LogP contribution < -0.4 is 4.74 Å². The molecule has 2 unspecified atom stereocenters. The van der Waals surface area contributed by atoms with Crippen LogP contribution in [0.4, 0.5) is 0 Å². The van der Waals surface area contributed by atoms with Crippen molar-refractivity contribution < 1.29 is 17.9 Å². The lowest BCUT2D eigenvalue weighted by Gasteiger charge is -2.32. The molecule has 0 saturated carbocycles. The topological polar surface area (TPSA) is 66.9 Å². The summed E-state index contributed by atoms with van der Waals surface area (Å²) in [4.78, 5) is 15.5. The van der Waals surface area contributed by atoms with E-state index in [0.717, 1.165) is 49.8 Å². The molecule has 2 saturated heterocycles. The molecule has 2 fully saturated rings. The molecular weight excluding hydrogens is 424 g/mol. The van der Waals surface area contributed by atoms with Gasteiger partial charge in [-0.15, -0.1) is 0 Å². The van der Waals surface area contributed by atoms with Crippen molar-refractivity contribution in [2.45, 2.75) is 62.4 Å². The summed E-state index contributed by atoms with van der Waals surface area (Å²) < 4.78 is 33.4. The number of hydrogen-bond donors (Lipinski definition) is 0. The zero-order valence-electron chi connectivity index (χ0n) is 18.9. The van der Waals surface area contributed by atoms with Crippen LogP contribution >= 0.6 is 0 Å². The van der Waals surface area contributed by atoms with Crippen LogP contribution in [0.15, 0.2) is 53.4 Å². The van der Waals surface area contributed by atoms with Gasteiger partial charge in [-0.25, -0.2) is 8.42 Å². The number of hydrogen-bond acceptors (Lipinski definition) is 4. The molecular formula is C25H32N2O4S. The fourth-order valence-electron chi connectivity index (χ4n) is 4.91. The smallest absolute Gasteiger partial charge is 0.254 e. The lowest BCUT2D eigenvalue weighted by molar-refractivity contribution is 0.0736. The van der Waals surface area contributed by atoms with Crippen LogP contribution in [0.1, 0.15) is 54.9 Å². The highest BCUT2D eigenvalue weighted by Crippen LogP contribution is 2.28. The molecule has 6 nitrogen and oxygen atoms in total. The summed E-state index contributed by atoms with van der Waals surface area (Å²) in [5.74, 6) is 0.711. The van der Waals surface area contributed by atoms with E-state index in [1.807, 2.05) is 30.0 Å². The van der Waals surface area contributed by atoms with Gasteiger partial charge in [-0.2, -0.15) is 4.31 Å². The van der Waals surface area contributed by atoms with E-state index in [0.29, 0.717) is 18.7 Å². The molecule has 0 aliphatic carbocycles. The third kappa shape index (κ3) is 4.69. The minimum absolute atomic E-state index is 0.0149. The third-order valence-electron chi connectivity index (χ3n) is 6.67. The van der Waals surface area contributed by atoms with Gasteiger partial charge in [0.25, 0.3) is 5.91 Å². The van der Waals surface area contributed by atoms with Crippen LogP contribution in [0, 0.1) is 0 Å². The zero-order valence-corrected chi connectivity index (χ0v) is 19.7. The van der Waals surface area contributed by atoms with E-state index >= 15 is 0 Å². The van der Waals surface area contributed by atoms with Crippen LogP contribution in [-0.2, 0) is 16.4 Å². The normalized spacial score (nSPS) is 22.1. The minimum Gasteiger partial charge on any atom is -0.497 e. The first-order chi connectivity index (χ1) is 15.4. The van der Waals surface area contributed by atoms with Crippen molar-refractivity contribution in [3.05, 3.63) is 59.7 Å². The molecule has 2 heterocycles. The molecule has 2 aromatic carbocycles. The maximum atomic E-state index is 13.4. The molecule has 0 bridgehead atoms. The second-order valence-corrected chi connectivity index (χ2v) is 10.7. The summed E-state index contributed by atoms with van der Waals surface area (Å²) in [6.45, 7) is 3.18. The fourth-order valence-corrected chi connectivity index (χ4v) is 6.65. The van der Waals surface area contributed by atoms with Gasteiger partial charge in [0, 0.05) is 30.7 Å². The van der Waals surface area contributed by atoms with Gasteiger partial charge in [-0.3, -0.25) is 4.79 Å². The monoisotopic (exact) mass is 456 g/mol. The quantitative estimate of drug-likeness (QED) is 0.656. The Balaban J connectivity index is 1.54. The van der Waals surface area contributed by atoms with Crippen molar-refractivity contribution in [3.63, 3.8) is 0 Å². The molecule has 0 spiro atoms. The molecule has 172 valence electrons. The van der Waals surface area contributed by atoms with E-state index < -0.39 is 10.0 Å². The minimum atomic E-state index is -3.61. The molecule has 4 rings (SSSR count). The number of methoxy groups -OCH3 is 1. The number of rotatable bonds is 6. The highest BCUT2D eigenvalue weighted by molar-refractivity contribution is 7.89. The zero-order chi connectivity index (χ0) is 22.7. The van der Waals surface area contributed by atoms with E-state index in [4.69, 9.17) is 4.74 Å². The lowest BCUT2D eigenvalue weighted by Crippen LogP contribution is -2.42. The van der Waals surface area contributed by atoms with Crippen molar-refractivity contribution in [2.75, 3.05) is 20.2 Å². The molecule has 2 aromatic rings. The van der Waals surface area contributed by atoms with E-state index in [1.165, 1.54) is 0 Å². The summed E-state index contributed by atoms with van der Waals surface area (Å²) in [6.07, 6.45) is 5.44. The van der Waals surface area contributed by atoms with Gasteiger partial charge in [0.05, 0.1) is 12.0 Å². The predicted octanol–water partition coefficient (Wildman–Crippen LogP) is 4.11. The second-order valence-electron chi connectivity index (χ2n) is 8.84. The standard InChI is InChI=1S/C25H32N2O4S/c1-19-8-3-4-15-27(19)32(29,30)24-13-6-10-21(18-24)25(28)26-14-7-11-22(26)16-20-9-5-12-23(17-20)31-2/h5-6,9-10,12-13,17-19,22H,3-4,7-8,11,14-16H2,1-2H3. The van der Waals surface area contributed by atoms with Crippen molar-refractivity contribution in [1.82, 2.24) is 9.21 Å². The SMILES string of the molecule is COc1cccc(CC2CCCN2C(=O)c2cccc(S(=O)(=O)N3CCCCC3C)c2)c1. The molecule has 7 heteroatoms. The van der Waals surface area contributed by atoms with Crippen LogP contribution in [0.25, 0.3) is 0 Å². The van der Waals surface area contributed by atoms with Crippen molar-refractivity contribution in [2.24, 2.45) is 0 Å². The number of nitrogens with zero attached hydrogens (tertiary/aromatic N) is 2. The molecule has 2 aliphatic rings. The van der Waals surface area contributed by atoms with Gasteiger partial charge in [0.2, 0.25) is 10.0 Å². The van der Waals surface area contributed by atoms with E-state index in [1.54, 1.807) is 35.7 Å². The van der Waals surface area contributed by atoms with E-state index in [-0.39, 0.29) is 22.9 Å². The highest BCUT2D eigenvalue weighted by atomic mass is 32.2. The van der Waals surface area contributed by atoms with Crippen LogP contribution in [0.5, 0.6) is 5.75 Å². The third-order valence-corrected chi connectivity index (χ3v) is 8.68.